The highest BCUT2D eigenvalue weighted by Gasteiger charge is 2.16. The molecule has 17 heavy (non-hydrogen) atoms. The molecule has 94 valence electrons. The van der Waals surface area contributed by atoms with Crippen LogP contribution in [0.2, 0.25) is 0 Å². The molecule has 0 radical (unpaired) electrons. The standard InChI is InChI=1S/C15H24N2/c1-4-14-7-9-17(10-8-16-14)15-11-12(2)5-6-13(15)3/h5-6,11,14,16H,4,7-10H2,1-3H3. The summed E-state index contributed by atoms with van der Waals surface area (Å²) in [5.41, 5.74) is 4.17. The highest BCUT2D eigenvalue weighted by Crippen LogP contribution is 2.22. The Hall–Kier alpha value is -1.02. The van der Waals surface area contributed by atoms with Gasteiger partial charge in [-0.05, 0) is 43.9 Å². The Bertz CT molecular complexity index is 373. The van der Waals surface area contributed by atoms with Crippen LogP contribution in [-0.2, 0) is 0 Å². The Kier molecular flexibility index (Phi) is 4.06. The molecule has 0 bridgehead atoms. The number of anilines is 1. The summed E-state index contributed by atoms with van der Waals surface area (Å²) in [4.78, 5) is 2.53. The normalized spacial score (nSPS) is 21.4. The lowest BCUT2D eigenvalue weighted by molar-refractivity contribution is 0.510. The van der Waals surface area contributed by atoms with E-state index in [0.717, 1.165) is 13.1 Å². The number of hydrogen-bond donors (Lipinski definition) is 1. The molecular weight excluding hydrogens is 208 g/mol. The molecule has 0 aliphatic carbocycles. The highest BCUT2D eigenvalue weighted by molar-refractivity contribution is 5.55. The van der Waals surface area contributed by atoms with Gasteiger partial charge in [0, 0.05) is 31.4 Å². The summed E-state index contributed by atoms with van der Waals surface area (Å²) in [5.74, 6) is 0. The van der Waals surface area contributed by atoms with Gasteiger partial charge >= 0.3 is 0 Å². The summed E-state index contributed by atoms with van der Waals surface area (Å²) in [5, 5.41) is 3.62. The number of rotatable bonds is 2. The maximum absolute atomic E-state index is 3.62. The lowest BCUT2D eigenvalue weighted by Crippen LogP contribution is -2.30. The zero-order chi connectivity index (χ0) is 12.3. The van der Waals surface area contributed by atoms with E-state index in [0.29, 0.717) is 6.04 Å². The van der Waals surface area contributed by atoms with Crippen LogP contribution in [0.4, 0.5) is 5.69 Å². The molecule has 1 aliphatic heterocycles. The van der Waals surface area contributed by atoms with Gasteiger partial charge in [-0.3, -0.25) is 0 Å². The van der Waals surface area contributed by atoms with Crippen LogP contribution in [0.25, 0.3) is 0 Å². The van der Waals surface area contributed by atoms with Gasteiger partial charge in [0.2, 0.25) is 0 Å². The maximum atomic E-state index is 3.62. The van der Waals surface area contributed by atoms with Crippen molar-refractivity contribution in [3.63, 3.8) is 0 Å². The van der Waals surface area contributed by atoms with Crippen molar-refractivity contribution in [3.05, 3.63) is 29.3 Å². The minimum atomic E-state index is 0.699. The van der Waals surface area contributed by atoms with Gasteiger partial charge in [-0.15, -0.1) is 0 Å². The van der Waals surface area contributed by atoms with Crippen molar-refractivity contribution in [1.29, 1.82) is 0 Å². The van der Waals surface area contributed by atoms with Crippen LogP contribution in [0.15, 0.2) is 18.2 Å². The summed E-state index contributed by atoms with van der Waals surface area (Å²) >= 11 is 0. The van der Waals surface area contributed by atoms with Crippen LogP contribution in [-0.4, -0.2) is 25.7 Å². The summed E-state index contributed by atoms with van der Waals surface area (Å²) in [6.45, 7) is 10.1. The van der Waals surface area contributed by atoms with E-state index < -0.39 is 0 Å². The van der Waals surface area contributed by atoms with Crippen molar-refractivity contribution >= 4 is 5.69 Å². The molecular formula is C15H24N2. The van der Waals surface area contributed by atoms with E-state index in [9.17, 15) is 0 Å². The average Bonchev–Trinajstić information content (AvgIpc) is 2.57. The van der Waals surface area contributed by atoms with Crippen LogP contribution >= 0.6 is 0 Å². The highest BCUT2D eigenvalue weighted by atomic mass is 15.2. The van der Waals surface area contributed by atoms with Crippen molar-refractivity contribution in [3.8, 4) is 0 Å². The van der Waals surface area contributed by atoms with Crippen molar-refractivity contribution in [2.45, 2.75) is 39.7 Å². The molecule has 0 saturated carbocycles. The first kappa shape index (κ1) is 12.4. The first-order valence-electron chi connectivity index (χ1n) is 6.76. The fraction of sp³-hybridized carbons (Fsp3) is 0.600. The Labute approximate surface area is 105 Å². The van der Waals surface area contributed by atoms with E-state index in [1.165, 1.54) is 36.2 Å². The van der Waals surface area contributed by atoms with Crippen LogP contribution < -0.4 is 10.2 Å². The third kappa shape index (κ3) is 3.01. The summed E-state index contributed by atoms with van der Waals surface area (Å²) in [7, 11) is 0. The Morgan fingerprint density at radius 2 is 2.12 bits per heavy atom. The fourth-order valence-corrected chi connectivity index (χ4v) is 2.58. The number of nitrogens with one attached hydrogen (secondary N) is 1. The molecule has 1 atom stereocenters. The van der Waals surface area contributed by atoms with Gasteiger partial charge in [0.05, 0.1) is 0 Å². The molecule has 2 rings (SSSR count). The lowest BCUT2D eigenvalue weighted by Gasteiger charge is -2.24. The van der Waals surface area contributed by atoms with Crippen molar-refractivity contribution < 1.29 is 0 Å². The average molecular weight is 232 g/mol. The predicted molar refractivity (Wildman–Crippen MR) is 74.8 cm³/mol. The van der Waals surface area contributed by atoms with E-state index in [-0.39, 0.29) is 0 Å². The SMILES string of the molecule is CCC1CCN(c2cc(C)ccc2C)CCN1. The molecule has 1 N–H and O–H groups in total. The van der Waals surface area contributed by atoms with Crippen molar-refractivity contribution in [1.82, 2.24) is 5.32 Å². The Balaban J connectivity index is 2.13. The topological polar surface area (TPSA) is 15.3 Å². The molecule has 1 aromatic rings. The van der Waals surface area contributed by atoms with Gasteiger partial charge < -0.3 is 10.2 Å². The first-order chi connectivity index (χ1) is 8.20. The van der Waals surface area contributed by atoms with Gasteiger partial charge in [0.1, 0.15) is 0 Å². The number of benzene rings is 1. The van der Waals surface area contributed by atoms with Crippen LogP contribution in [0.3, 0.4) is 0 Å². The Morgan fingerprint density at radius 1 is 1.29 bits per heavy atom. The zero-order valence-electron chi connectivity index (χ0n) is 11.3. The molecule has 1 unspecified atom stereocenters. The van der Waals surface area contributed by atoms with Crippen LogP contribution in [0.1, 0.15) is 30.9 Å². The van der Waals surface area contributed by atoms with Crippen LogP contribution in [0, 0.1) is 13.8 Å². The van der Waals surface area contributed by atoms with E-state index in [2.05, 4.69) is 49.2 Å². The third-order valence-corrected chi connectivity index (χ3v) is 3.76. The smallest absolute Gasteiger partial charge is 0.0399 e. The second kappa shape index (κ2) is 5.54. The number of aryl methyl sites for hydroxylation is 2. The fourth-order valence-electron chi connectivity index (χ4n) is 2.58. The molecule has 2 nitrogen and oxygen atoms in total. The molecule has 1 aliphatic rings. The monoisotopic (exact) mass is 232 g/mol. The number of nitrogens with zero attached hydrogens (tertiary/aromatic N) is 1. The van der Waals surface area contributed by atoms with Gasteiger partial charge in [0.25, 0.3) is 0 Å². The van der Waals surface area contributed by atoms with E-state index in [1.54, 1.807) is 0 Å². The molecule has 0 amide bonds. The molecule has 1 fully saturated rings. The summed E-state index contributed by atoms with van der Waals surface area (Å²) in [6, 6.07) is 7.45. The molecule has 0 aromatic heterocycles. The quantitative estimate of drug-likeness (QED) is 0.843. The zero-order valence-corrected chi connectivity index (χ0v) is 11.3. The second-order valence-corrected chi connectivity index (χ2v) is 5.12. The molecule has 2 heteroatoms. The molecule has 1 saturated heterocycles. The summed E-state index contributed by atoms with van der Waals surface area (Å²) in [6.07, 6.45) is 2.49. The predicted octanol–water partition coefficient (Wildman–Crippen LogP) is 2.88. The van der Waals surface area contributed by atoms with Gasteiger partial charge in [-0.1, -0.05) is 19.1 Å². The van der Waals surface area contributed by atoms with Gasteiger partial charge in [0.15, 0.2) is 0 Å². The first-order valence-corrected chi connectivity index (χ1v) is 6.76. The minimum Gasteiger partial charge on any atom is -0.370 e. The van der Waals surface area contributed by atoms with Crippen LogP contribution in [0.5, 0.6) is 0 Å². The van der Waals surface area contributed by atoms with E-state index in [1.807, 2.05) is 0 Å². The largest absolute Gasteiger partial charge is 0.370 e. The lowest BCUT2D eigenvalue weighted by atomic mass is 10.1. The molecule has 1 aromatic carbocycles. The van der Waals surface area contributed by atoms with Gasteiger partial charge in [-0.25, -0.2) is 0 Å². The number of hydrogen-bond acceptors (Lipinski definition) is 2. The maximum Gasteiger partial charge on any atom is 0.0399 e. The Morgan fingerprint density at radius 3 is 2.88 bits per heavy atom. The molecule has 0 spiro atoms. The summed E-state index contributed by atoms with van der Waals surface area (Å²) < 4.78 is 0. The molecule has 1 heterocycles. The van der Waals surface area contributed by atoms with E-state index in [4.69, 9.17) is 0 Å². The third-order valence-electron chi connectivity index (χ3n) is 3.76. The second-order valence-electron chi connectivity index (χ2n) is 5.12. The van der Waals surface area contributed by atoms with E-state index >= 15 is 0 Å². The van der Waals surface area contributed by atoms with Gasteiger partial charge in [-0.2, -0.15) is 0 Å². The van der Waals surface area contributed by atoms with Crippen molar-refractivity contribution in [2.24, 2.45) is 0 Å². The minimum absolute atomic E-state index is 0.699. The van der Waals surface area contributed by atoms with Crippen molar-refractivity contribution in [2.75, 3.05) is 24.5 Å².